The molecule has 1 N–H and O–H groups in total. The predicted octanol–water partition coefficient (Wildman–Crippen LogP) is 11.5. The number of nitrogens with one attached hydrogen (secondary N) is 1. The molecule has 240 valence electrons. The van der Waals surface area contributed by atoms with Crippen LogP contribution in [0.25, 0.3) is 76.9 Å². The van der Waals surface area contributed by atoms with Crippen LogP contribution in [0.3, 0.4) is 0 Å². The van der Waals surface area contributed by atoms with Gasteiger partial charge in [-0.05, 0) is 65.7 Å². The van der Waals surface area contributed by atoms with Crippen molar-refractivity contribution in [2.24, 2.45) is 9.98 Å². The van der Waals surface area contributed by atoms with Gasteiger partial charge in [-0.15, -0.1) is 0 Å². The average molecular weight is 658 g/mol. The standard InChI is InChI=1S/C45H27N3O3/c1-2-8-26(9-3-1)43-46-44(29-14-18-33-31-10-4-6-12-37(31)50-41(33)24-29)48-45(47-43)30-15-19-34-36-23-28(17-21-40(36)51-42(34)25-30)27-16-20-39-35(22-27)32-11-5-7-13-38(32)49-39/h1-25,44H,(H,46,47,48). The lowest BCUT2D eigenvalue weighted by Crippen LogP contribution is -2.33. The Morgan fingerprint density at radius 1 is 0.392 bits per heavy atom. The van der Waals surface area contributed by atoms with Crippen molar-refractivity contribution < 1.29 is 13.3 Å². The fourth-order valence-corrected chi connectivity index (χ4v) is 7.41. The molecule has 4 heterocycles. The molecule has 7 aromatic carbocycles. The zero-order valence-electron chi connectivity index (χ0n) is 27.1. The number of hydrogen-bond donors (Lipinski definition) is 1. The van der Waals surface area contributed by atoms with E-state index in [1.807, 2.05) is 66.7 Å². The molecule has 0 bridgehead atoms. The summed E-state index contributed by atoms with van der Waals surface area (Å²) < 4.78 is 18.7. The van der Waals surface area contributed by atoms with Gasteiger partial charge in [-0.3, -0.25) is 0 Å². The fraction of sp³-hybridized carbons (Fsp3) is 0.0222. The van der Waals surface area contributed by atoms with Crippen molar-refractivity contribution in [1.82, 2.24) is 5.32 Å². The van der Waals surface area contributed by atoms with Crippen LogP contribution in [0.4, 0.5) is 0 Å². The Morgan fingerprint density at radius 3 is 1.65 bits per heavy atom. The van der Waals surface area contributed by atoms with Crippen molar-refractivity contribution in [2.75, 3.05) is 0 Å². The highest BCUT2D eigenvalue weighted by atomic mass is 16.3. The summed E-state index contributed by atoms with van der Waals surface area (Å²) in [6.07, 6.45) is -0.371. The average Bonchev–Trinajstić information content (AvgIpc) is 3.88. The Hall–Kier alpha value is -6.92. The lowest BCUT2D eigenvalue weighted by Gasteiger charge is -2.23. The summed E-state index contributed by atoms with van der Waals surface area (Å²) in [5.74, 6) is 1.39. The molecule has 1 atom stereocenters. The van der Waals surface area contributed by atoms with E-state index in [1.165, 1.54) is 0 Å². The van der Waals surface area contributed by atoms with Crippen LogP contribution in [0.15, 0.2) is 175 Å². The number of aliphatic imine (C=N–C) groups is 2. The van der Waals surface area contributed by atoms with Crippen molar-refractivity contribution in [3.05, 3.63) is 168 Å². The molecule has 6 heteroatoms. The number of benzene rings is 7. The van der Waals surface area contributed by atoms with Gasteiger partial charge in [0.25, 0.3) is 0 Å². The third-order valence-corrected chi connectivity index (χ3v) is 9.95. The first-order valence-electron chi connectivity index (χ1n) is 17.0. The van der Waals surface area contributed by atoms with Crippen LogP contribution >= 0.6 is 0 Å². The van der Waals surface area contributed by atoms with Gasteiger partial charge in [0.2, 0.25) is 0 Å². The monoisotopic (exact) mass is 657 g/mol. The first kappa shape index (κ1) is 28.0. The van der Waals surface area contributed by atoms with Crippen molar-refractivity contribution >= 4 is 77.5 Å². The minimum atomic E-state index is -0.371. The van der Waals surface area contributed by atoms with Crippen LogP contribution in [0.1, 0.15) is 22.9 Å². The number of amidine groups is 2. The highest BCUT2D eigenvalue weighted by Crippen LogP contribution is 2.37. The van der Waals surface area contributed by atoms with Gasteiger partial charge in [0.1, 0.15) is 45.5 Å². The van der Waals surface area contributed by atoms with Crippen LogP contribution < -0.4 is 5.32 Å². The highest BCUT2D eigenvalue weighted by molar-refractivity contribution is 6.15. The summed E-state index contributed by atoms with van der Waals surface area (Å²) >= 11 is 0. The number of rotatable bonds is 4. The first-order valence-corrected chi connectivity index (χ1v) is 17.0. The number of nitrogens with zero attached hydrogens (tertiary/aromatic N) is 2. The van der Waals surface area contributed by atoms with Crippen LogP contribution in [0, 0.1) is 0 Å². The van der Waals surface area contributed by atoms with Gasteiger partial charge in [-0.2, -0.15) is 0 Å². The van der Waals surface area contributed by atoms with Crippen molar-refractivity contribution in [3.8, 4) is 11.1 Å². The molecule has 6 nitrogen and oxygen atoms in total. The van der Waals surface area contributed by atoms with Crippen LogP contribution in [0.5, 0.6) is 0 Å². The molecule has 1 unspecified atom stereocenters. The molecule has 3 aromatic heterocycles. The van der Waals surface area contributed by atoms with Crippen LogP contribution in [-0.2, 0) is 0 Å². The molecule has 0 amide bonds. The van der Waals surface area contributed by atoms with E-state index in [0.29, 0.717) is 5.84 Å². The molecule has 0 radical (unpaired) electrons. The third-order valence-electron chi connectivity index (χ3n) is 9.95. The maximum atomic E-state index is 6.45. The van der Waals surface area contributed by atoms with E-state index in [0.717, 1.165) is 99.5 Å². The molecular formula is C45H27N3O3. The molecule has 10 aromatic rings. The van der Waals surface area contributed by atoms with Crippen molar-refractivity contribution in [2.45, 2.75) is 6.17 Å². The Bertz CT molecular complexity index is 3070. The number of para-hydroxylation sites is 2. The molecule has 11 rings (SSSR count). The molecule has 0 saturated carbocycles. The largest absolute Gasteiger partial charge is 0.456 e. The van der Waals surface area contributed by atoms with E-state index >= 15 is 0 Å². The summed E-state index contributed by atoms with van der Waals surface area (Å²) in [5, 5.41) is 10.1. The zero-order chi connectivity index (χ0) is 33.5. The minimum absolute atomic E-state index is 0.371. The predicted molar refractivity (Wildman–Crippen MR) is 206 cm³/mol. The van der Waals surface area contributed by atoms with Gasteiger partial charge < -0.3 is 18.6 Å². The van der Waals surface area contributed by atoms with E-state index < -0.39 is 0 Å². The van der Waals surface area contributed by atoms with Gasteiger partial charge >= 0.3 is 0 Å². The van der Waals surface area contributed by atoms with Crippen molar-refractivity contribution in [3.63, 3.8) is 0 Å². The Labute approximate surface area is 291 Å². The second-order valence-electron chi connectivity index (χ2n) is 13.0. The molecule has 0 saturated heterocycles. The van der Waals surface area contributed by atoms with Gasteiger partial charge in [0.05, 0.1) is 0 Å². The van der Waals surface area contributed by atoms with Crippen molar-refractivity contribution in [1.29, 1.82) is 0 Å². The smallest absolute Gasteiger partial charge is 0.159 e. The molecule has 51 heavy (non-hydrogen) atoms. The van der Waals surface area contributed by atoms with Gasteiger partial charge in [-0.25, -0.2) is 9.98 Å². The van der Waals surface area contributed by atoms with Crippen LogP contribution in [-0.4, -0.2) is 11.7 Å². The van der Waals surface area contributed by atoms with Gasteiger partial charge in [0, 0.05) is 49.0 Å². The number of hydrogen-bond acceptors (Lipinski definition) is 6. The Balaban J connectivity index is 0.982. The topological polar surface area (TPSA) is 76.2 Å². The normalized spacial score (nSPS) is 14.9. The number of furan rings is 3. The van der Waals surface area contributed by atoms with E-state index in [9.17, 15) is 0 Å². The number of fused-ring (bicyclic) bond motifs is 9. The summed E-state index contributed by atoms with van der Waals surface area (Å²) in [7, 11) is 0. The quantitative estimate of drug-likeness (QED) is 0.204. The van der Waals surface area contributed by atoms with Crippen LogP contribution in [0.2, 0.25) is 0 Å². The Kier molecular flexibility index (Phi) is 5.92. The molecule has 1 aliphatic rings. The zero-order valence-corrected chi connectivity index (χ0v) is 27.1. The maximum Gasteiger partial charge on any atom is 0.159 e. The molecule has 1 aliphatic heterocycles. The van der Waals surface area contributed by atoms with E-state index in [1.54, 1.807) is 0 Å². The second-order valence-corrected chi connectivity index (χ2v) is 13.0. The summed E-state index contributed by atoms with van der Waals surface area (Å²) in [6, 6.07) is 51.8. The molecule has 0 spiro atoms. The molecular weight excluding hydrogens is 631 g/mol. The summed E-state index contributed by atoms with van der Waals surface area (Å²) in [4.78, 5) is 10.1. The summed E-state index contributed by atoms with van der Waals surface area (Å²) in [5.41, 5.74) is 10.2. The van der Waals surface area contributed by atoms with E-state index in [-0.39, 0.29) is 6.17 Å². The lowest BCUT2D eigenvalue weighted by atomic mass is 10.0. The third kappa shape index (κ3) is 4.50. The fourth-order valence-electron chi connectivity index (χ4n) is 7.41. The SMILES string of the molecule is c1ccc(C2=NC(c3ccc4c(c3)oc3ccccc34)NC(c3ccc4c(c3)oc3ccc(-c5ccc6oc7ccccc7c6c5)cc34)=N2)cc1. The van der Waals surface area contributed by atoms with Gasteiger partial charge in [-0.1, -0.05) is 97.1 Å². The minimum Gasteiger partial charge on any atom is -0.456 e. The Morgan fingerprint density at radius 2 is 0.922 bits per heavy atom. The highest BCUT2D eigenvalue weighted by Gasteiger charge is 2.23. The molecule has 0 fully saturated rings. The molecule has 0 aliphatic carbocycles. The van der Waals surface area contributed by atoms with Gasteiger partial charge in [0.15, 0.2) is 5.84 Å². The van der Waals surface area contributed by atoms with E-state index in [4.69, 9.17) is 23.2 Å². The summed E-state index contributed by atoms with van der Waals surface area (Å²) in [6.45, 7) is 0. The maximum absolute atomic E-state index is 6.45. The first-order chi connectivity index (χ1) is 25.2. The second kappa shape index (κ2) is 10.8. The van der Waals surface area contributed by atoms with E-state index in [2.05, 4.69) is 90.2 Å². The lowest BCUT2D eigenvalue weighted by molar-refractivity contribution is 0.654.